The summed E-state index contributed by atoms with van der Waals surface area (Å²) in [6.07, 6.45) is 0.520. The highest BCUT2D eigenvalue weighted by atomic mass is 19.1. The highest BCUT2D eigenvalue weighted by Crippen LogP contribution is 2.36. The second-order valence-corrected chi connectivity index (χ2v) is 8.29. The van der Waals surface area contributed by atoms with Crippen molar-refractivity contribution in [1.82, 2.24) is 9.88 Å². The normalized spacial score (nSPS) is 26.2. The molecule has 3 heterocycles. The Morgan fingerprint density at radius 3 is 2.43 bits per heavy atom. The Labute approximate surface area is 163 Å². The third-order valence-electron chi connectivity index (χ3n) is 5.67. The van der Waals surface area contributed by atoms with E-state index < -0.39 is 42.5 Å². The van der Waals surface area contributed by atoms with Gasteiger partial charge in [-0.25, -0.2) is 14.2 Å². The highest BCUT2D eigenvalue weighted by Gasteiger charge is 2.52. The second kappa shape index (κ2) is 7.00. The van der Waals surface area contributed by atoms with Crippen molar-refractivity contribution in [1.29, 1.82) is 0 Å². The number of carbonyl (C=O) groups excluding carboxylic acids is 1. The first-order valence-electron chi connectivity index (χ1n) is 9.23. The van der Waals surface area contributed by atoms with E-state index in [1.54, 1.807) is 12.1 Å². The Hall–Kier alpha value is -2.20. The van der Waals surface area contributed by atoms with E-state index >= 15 is 0 Å². The lowest BCUT2D eigenvalue weighted by molar-refractivity contribution is -0.130. The smallest absolute Gasteiger partial charge is 0.465 e. The minimum Gasteiger partial charge on any atom is -0.465 e. The molecule has 2 fully saturated rings. The third kappa shape index (κ3) is 3.84. The van der Waals surface area contributed by atoms with E-state index in [-0.39, 0.29) is 25.2 Å². The molecule has 0 spiro atoms. The van der Waals surface area contributed by atoms with E-state index in [9.17, 15) is 14.0 Å². The molecular formula is C18H25BFN3O5. The number of alkyl halides is 1. The summed E-state index contributed by atoms with van der Waals surface area (Å²) in [5.41, 5.74) is -2.56. The molecule has 0 saturated carbocycles. The van der Waals surface area contributed by atoms with Crippen LogP contribution in [0.2, 0.25) is 0 Å². The number of hydrogen-bond donors (Lipinski definition) is 2. The fraction of sp³-hybridized carbons (Fsp3) is 0.611. The lowest BCUT2D eigenvalue weighted by atomic mass is 9.80. The number of halogens is 1. The molecule has 0 bridgehead atoms. The molecule has 0 aliphatic carbocycles. The van der Waals surface area contributed by atoms with Gasteiger partial charge in [0.1, 0.15) is 5.82 Å². The fourth-order valence-corrected chi connectivity index (χ4v) is 3.19. The molecule has 2 aliphatic heterocycles. The monoisotopic (exact) mass is 393 g/mol. The standard InChI is InChI=1S/C18H25BFN3O5/c1-16(2)17(3,4)28-19(27-16)12-6-7-13(21-10-12)22-14(24)18(20)8-5-9-23(11-18)15(25)26/h6-7,10H,5,8-9,11H2,1-4H3,(H,25,26)(H,21,22,24). The van der Waals surface area contributed by atoms with Crippen LogP contribution in [0.3, 0.4) is 0 Å². The van der Waals surface area contributed by atoms with Gasteiger partial charge in [0.05, 0.1) is 17.7 Å². The maximum atomic E-state index is 15.0. The summed E-state index contributed by atoms with van der Waals surface area (Å²) < 4.78 is 26.9. The van der Waals surface area contributed by atoms with Gasteiger partial charge in [-0.1, -0.05) is 6.07 Å². The zero-order valence-electron chi connectivity index (χ0n) is 16.5. The Morgan fingerprint density at radius 1 is 1.25 bits per heavy atom. The van der Waals surface area contributed by atoms with E-state index in [1.807, 2.05) is 27.7 Å². The summed E-state index contributed by atoms with van der Waals surface area (Å²) in [5.74, 6) is -0.718. The minimum atomic E-state index is -2.28. The summed E-state index contributed by atoms with van der Waals surface area (Å²) in [6.45, 7) is 7.51. The zero-order chi connectivity index (χ0) is 20.7. The summed E-state index contributed by atoms with van der Waals surface area (Å²) in [5, 5.41) is 11.5. The van der Waals surface area contributed by atoms with Crippen LogP contribution in [0.5, 0.6) is 0 Å². The van der Waals surface area contributed by atoms with Gasteiger partial charge in [-0.2, -0.15) is 0 Å². The molecular weight excluding hydrogens is 368 g/mol. The van der Waals surface area contributed by atoms with E-state index in [2.05, 4.69) is 10.3 Å². The van der Waals surface area contributed by atoms with Crippen molar-refractivity contribution in [3.05, 3.63) is 18.3 Å². The first-order valence-corrected chi connectivity index (χ1v) is 9.23. The lowest BCUT2D eigenvalue weighted by Crippen LogP contribution is -2.53. The molecule has 0 radical (unpaired) electrons. The maximum Gasteiger partial charge on any atom is 0.496 e. The Morgan fingerprint density at radius 2 is 1.89 bits per heavy atom. The third-order valence-corrected chi connectivity index (χ3v) is 5.67. The van der Waals surface area contributed by atoms with Crippen LogP contribution in [-0.4, -0.2) is 64.1 Å². The molecule has 1 unspecified atom stereocenters. The van der Waals surface area contributed by atoms with E-state index in [0.717, 1.165) is 4.90 Å². The number of nitrogens with zero attached hydrogens (tertiary/aromatic N) is 2. The molecule has 1 aromatic rings. The number of piperidine rings is 1. The Kier molecular flexibility index (Phi) is 5.14. The van der Waals surface area contributed by atoms with Crippen LogP contribution in [0.15, 0.2) is 18.3 Å². The first-order chi connectivity index (χ1) is 12.9. The van der Waals surface area contributed by atoms with Crippen molar-refractivity contribution >= 4 is 30.4 Å². The largest absolute Gasteiger partial charge is 0.496 e. The van der Waals surface area contributed by atoms with Gasteiger partial charge in [-0.3, -0.25) is 4.79 Å². The molecule has 28 heavy (non-hydrogen) atoms. The summed E-state index contributed by atoms with van der Waals surface area (Å²) in [6, 6.07) is 3.24. The van der Waals surface area contributed by atoms with Crippen LogP contribution >= 0.6 is 0 Å². The average Bonchev–Trinajstić information content (AvgIpc) is 2.83. The van der Waals surface area contributed by atoms with Gasteiger partial charge in [0.15, 0.2) is 0 Å². The number of amides is 2. The number of hydrogen-bond acceptors (Lipinski definition) is 5. The van der Waals surface area contributed by atoms with E-state index in [4.69, 9.17) is 14.4 Å². The SMILES string of the molecule is CC1(C)OB(c2ccc(NC(=O)C3(F)CCCN(C(=O)O)C3)nc2)OC1(C)C. The summed E-state index contributed by atoms with van der Waals surface area (Å²) in [7, 11) is -0.586. The molecule has 3 rings (SSSR count). The first kappa shape index (κ1) is 20.5. The van der Waals surface area contributed by atoms with Crippen LogP contribution in [0.25, 0.3) is 0 Å². The topological polar surface area (TPSA) is 101 Å². The molecule has 1 atom stereocenters. The van der Waals surface area contributed by atoms with Crippen molar-refractivity contribution in [3.8, 4) is 0 Å². The molecule has 1 aromatic heterocycles. The van der Waals surface area contributed by atoms with Crippen LogP contribution in [0.1, 0.15) is 40.5 Å². The average molecular weight is 393 g/mol. The number of carboxylic acid groups (broad SMARTS) is 1. The second-order valence-electron chi connectivity index (χ2n) is 8.29. The zero-order valence-corrected chi connectivity index (χ0v) is 16.5. The molecule has 2 amide bonds. The van der Waals surface area contributed by atoms with Crippen molar-refractivity contribution in [2.24, 2.45) is 0 Å². The van der Waals surface area contributed by atoms with Gasteiger partial charge in [-0.05, 0) is 46.6 Å². The van der Waals surface area contributed by atoms with Crippen LogP contribution in [-0.2, 0) is 14.1 Å². The van der Waals surface area contributed by atoms with Gasteiger partial charge in [0.2, 0.25) is 5.67 Å². The number of anilines is 1. The van der Waals surface area contributed by atoms with Gasteiger partial charge >= 0.3 is 13.2 Å². The van der Waals surface area contributed by atoms with E-state index in [1.165, 1.54) is 6.20 Å². The molecule has 2 aliphatic rings. The number of carbonyl (C=O) groups is 2. The quantitative estimate of drug-likeness (QED) is 0.760. The summed E-state index contributed by atoms with van der Waals surface area (Å²) in [4.78, 5) is 28.5. The molecule has 2 saturated heterocycles. The minimum absolute atomic E-state index is 0.0331. The number of likely N-dealkylation sites (tertiary alicyclic amines) is 1. The van der Waals surface area contributed by atoms with E-state index in [0.29, 0.717) is 5.46 Å². The number of aromatic nitrogens is 1. The molecule has 152 valence electrons. The Bertz CT molecular complexity index is 757. The maximum absolute atomic E-state index is 15.0. The van der Waals surface area contributed by atoms with Crippen molar-refractivity contribution in [3.63, 3.8) is 0 Å². The molecule has 2 N–H and O–H groups in total. The van der Waals surface area contributed by atoms with Gasteiger partial charge in [-0.15, -0.1) is 0 Å². The predicted molar refractivity (Wildman–Crippen MR) is 101 cm³/mol. The summed E-state index contributed by atoms with van der Waals surface area (Å²) >= 11 is 0. The molecule has 8 nitrogen and oxygen atoms in total. The number of nitrogens with one attached hydrogen (secondary N) is 1. The van der Waals surface area contributed by atoms with Crippen LogP contribution in [0.4, 0.5) is 15.0 Å². The molecule has 0 aromatic carbocycles. The van der Waals surface area contributed by atoms with Gasteiger partial charge < -0.3 is 24.6 Å². The van der Waals surface area contributed by atoms with Crippen molar-refractivity contribution in [2.75, 3.05) is 18.4 Å². The lowest BCUT2D eigenvalue weighted by Gasteiger charge is -2.34. The highest BCUT2D eigenvalue weighted by molar-refractivity contribution is 6.62. The Balaban J connectivity index is 1.66. The predicted octanol–water partition coefficient (Wildman–Crippen LogP) is 1.80. The van der Waals surface area contributed by atoms with Gasteiger partial charge in [0, 0.05) is 18.2 Å². The molecule has 10 heteroatoms. The number of rotatable bonds is 3. The van der Waals surface area contributed by atoms with Gasteiger partial charge in [0.25, 0.3) is 5.91 Å². The van der Waals surface area contributed by atoms with Crippen LogP contribution in [0, 0.1) is 0 Å². The fourth-order valence-electron chi connectivity index (χ4n) is 3.19. The van der Waals surface area contributed by atoms with Crippen LogP contribution < -0.4 is 10.8 Å². The van der Waals surface area contributed by atoms with Crippen molar-refractivity contribution < 1.29 is 28.4 Å². The number of pyridine rings is 1. The van der Waals surface area contributed by atoms with Crippen molar-refractivity contribution in [2.45, 2.75) is 57.4 Å².